The quantitative estimate of drug-likeness (QED) is 0.800. The molecule has 4 nitrogen and oxygen atoms in total. The molecule has 0 saturated carbocycles. The maximum Gasteiger partial charge on any atom is 0.227 e. The lowest BCUT2D eigenvalue weighted by Crippen LogP contribution is -2.29. The average molecular weight is 319 g/mol. The summed E-state index contributed by atoms with van der Waals surface area (Å²) in [4.78, 5) is 14.3. The summed E-state index contributed by atoms with van der Waals surface area (Å²) in [5, 5.41) is 0. The molecule has 0 N–H and O–H groups in total. The minimum atomic E-state index is 0.103. The molecule has 5 rings (SSSR count). The SMILES string of the molecule is COc1ccc2c3c1Oc1ccccc1C3CN1C(=O)CCC1=C2. The molecule has 0 radical (unpaired) electrons. The summed E-state index contributed by atoms with van der Waals surface area (Å²) in [6.45, 7) is 0.665. The van der Waals surface area contributed by atoms with Gasteiger partial charge in [0, 0.05) is 35.7 Å². The van der Waals surface area contributed by atoms with Crippen LogP contribution in [0, 0.1) is 0 Å². The van der Waals surface area contributed by atoms with Crippen molar-refractivity contribution in [2.45, 2.75) is 18.8 Å². The third kappa shape index (κ3) is 1.77. The van der Waals surface area contributed by atoms with Crippen molar-refractivity contribution in [3.63, 3.8) is 0 Å². The number of hydrogen-bond acceptors (Lipinski definition) is 3. The molecule has 24 heavy (non-hydrogen) atoms. The highest BCUT2D eigenvalue weighted by Crippen LogP contribution is 2.52. The van der Waals surface area contributed by atoms with E-state index in [0.717, 1.165) is 46.1 Å². The van der Waals surface area contributed by atoms with Gasteiger partial charge in [-0.15, -0.1) is 0 Å². The van der Waals surface area contributed by atoms with Crippen molar-refractivity contribution in [2.24, 2.45) is 0 Å². The van der Waals surface area contributed by atoms with Crippen molar-refractivity contribution < 1.29 is 14.3 Å². The highest BCUT2D eigenvalue weighted by Gasteiger charge is 2.38. The third-order valence-corrected chi connectivity index (χ3v) is 5.20. The molecular formula is C20H17NO3. The lowest BCUT2D eigenvalue weighted by Gasteiger charge is -2.31. The molecular weight excluding hydrogens is 302 g/mol. The topological polar surface area (TPSA) is 38.8 Å². The van der Waals surface area contributed by atoms with Gasteiger partial charge in [0.2, 0.25) is 5.91 Å². The van der Waals surface area contributed by atoms with Crippen molar-refractivity contribution in [3.05, 3.63) is 58.8 Å². The van der Waals surface area contributed by atoms with E-state index < -0.39 is 0 Å². The van der Waals surface area contributed by atoms with Crippen molar-refractivity contribution in [3.8, 4) is 17.2 Å². The molecule has 1 unspecified atom stereocenters. The predicted molar refractivity (Wildman–Crippen MR) is 90.3 cm³/mol. The Balaban J connectivity index is 1.79. The number of rotatable bonds is 1. The monoisotopic (exact) mass is 319 g/mol. The molecule has 1 fully saturated rings. The van der Waals surface area contributed by atoms with Gasteiger partial charge < -0.3 is 14.4 Å². The lowest BCUT2D eigenvalue weighted by atomic mass is 9.85. The lowest BCUT2D eigenvalue weighted by molar-refractivity contribution is -0.126. The predicted octanol–water partition coefficient (Wildman–Crippen LogP) is 3.91. The van der Waals surface area contributed by atoms with E-state index in [1.807, 2.05) is 29.2 Å². The van der Waals surface area contributed by atoms with Crippen LogP contribution in [0.25, 0.3) is 6.08 Å². The van der Waals surface area contributed by atoms with Gasteiger partial charge in [-0.05, 0) is 30.2 Å². The van der Waals surface area contributed by atoms with Gasteiger partial charge in [0.15, 0.2) is 11.5 Å². The second-order valence-corrected chi connectivity index (χ2v) is 6.43. The van der Waals surface area contributed by atoms with Crippen LogP contribution in [0.1, 0.15) is 35.4 Å². The van der Waals surface area contributed by atoms with Gasteiger partial charge in [-0.3, -0.25) is 4.79 Å². The number of para-hydroxylation sites is 1. The zero-order valence-corrected chi connectivity index (χ0v) is 13.4. The second-order valence-electron chi connectivity index (χ2n) is 6.43. The molecule has 2 aromatic rings. The van der Waals surface area contributed by atoms with Crippen LogP contribution in [0.15, 0.2) is 42.1 Å². The highest BCUT2D eigenvalue weighted by molar-refractivity contribution is 5.85. The Labute approximate surface area is 140 Å². The molecule has 3 aliphatic heterocycles. The fraction of sp³-hybridized carbons (Fsp3) is 0.250. The van der Waals surface area contributed by atoms with Gasteiger partial charge in [-0.1, -0.05) is 24.3 Å². The van der Waals surface area contributed by atoms with Gasteiger partial charge in [-0.25, -0.2) is 0 Å². The van der Waals surface area contributed by atoms with Crippen LogP contribution in [0.3, 0.4) is 0 Å². The molecule has 3 heterocycles. The fourth-order valence-corrected chi connectivity index (χ4v) is 4.06. The molecule has 1 amide bonds. The van der Waals surface area contributed by atoms with Crippen LogP contribution < -0.4 is 9.47 Å². The third-order valence-electron chi connectivity index (χ3n) is 5.20. The largest absolute Gasteiger partial charge is 0.493 e. The number of benzene rings is 2. The number of fused-ring (bicyclic) bond motifs is 3. The van der Waals surface area contributed by atoms with Gasteiger partial charge in [0.1, 0.15) is 5.75 Å². The first-order chi connectivity index (χ1) is 11.8. The number of methoxy groups -OCH3 is 1. The van der Waals surface area contributed by atoms with E-state index in [9.17, 15) is 4.79 Å². The van der Waals surface area contributed by atoms with Crippen molar-refractivity contribution in [2.75, 3.05) is 13.7 Å². The van der Waals surface area contributed by atoms with Crippen molar-refractivity contribution in [1.29, 1.82) is 0 Å². The molecule has 2 aromatic carbocycles. The minimum absolute atomic E-state index is 0.103. The number of allylic oxidation sites excluding steroid dienone is 1. The zero-order chi connectivity index (χ0) is 16.3. The maximum atomic E-state index is 12.3. The molecule has 3 aliphatic rings. The normalized spacial score (nSPS) is 20.4. The number of ether oxygens (including phenoxy) is 2. The maximum absolute atomic E-state index is 12.3. The highest BCUT2D eigenvalue weighted by atomic mass is 16.5. The first-order valence-electron chi connectivity index (χ1n) is 8.25. The number of carbonyl (C=O) groups is 1. The van der Waals surface area contributed by atoms with Crippen LogP contribution >= 0.6 is 0 Å². The second kappa shape index (κ2) is 4.87. The molecule has 0 spiro atoms. The van der Waals surface area contributed by atoms with E-state index in [1.165, 1.54) is 0 Å². The Morgan fingerprint density at radius 1 is 1.17 bits per heavy atom. The molecule has 0 aliphatic carbocycles. The van der Waals surface area contributed by atoms with Gasteiger partial charge in [0.25, 0.3) is 0 Å². The van der Waals surface area contributed by atoms with E-state index in [2.05, 4.69) is 18.2 Å². The molecule has 120 valence electrons. The average Bonchev–Trinajstić information content (AvgIpc) is 2.85. The van der Waals surface area contributed by atoms with Gasteiger partial charge in [0.05, 0.1) is 7.11 Å². The summed E-state index contributed by atoms with van der Waals surface area (Å²) in [7, 11) is 1.66. The Bertz CT molecular complexity index is 900. The first kappa shape index (κ1) is 13.7. The van der Waals surface area contributed by atoms with Crippen molar-refractivity contribution >= 4 is 12.0 Å². The molecule has 1 atom stereocenters. The summed E-state index contributed by atoms with van der Waals surface area (Å²) in [6.07, 6.45) is 3.56. The minimum Gasteiger partial charge on any atom is -0.493 e. The van der Waals surface area contributed by atoms with Crippen LogP contribution in [-0.2, 0) is 4.79 Å². The van der Waals surface area contributed by atoms with Crippen molar-refractivity contribution in [1.82, 2.24) is 4.90 Å². The Hall–Kier alpha value is -2.75. The number of hydrogen-bond donors (Lipinski definition) is 0. The van der Waals surface area contributed by atoms with E-state index in [-0.39, 0.29) is 11.8 Å². The smallest absolute Gasteiger partial charge is 0.227 e. The summed E-state index contributed by atoms with van der Waals surface area (Å²) in [5.74, 6) is 2.68. The van der Waals surface area contributed by atoms with Crippen LogP contribution in [-0.4, -0.2) is 24.5 Å². The van der Waals surface area contributed by atoms with Crippen LogP contribution in [0.4, 0.5) is 0 Å². The zero-order valence-electron chi connectivity index (χ0n) is 13.4. The molecule has 1 saturated heterocycles. The number of amides is 1. The summed E-state index contributed by atoms with van der Waals surface area (Å²) >= 11 is 0. The number of carbonyl (C=O) groups excluding carboxylic acids is 1. The first-order valence-corrected chi connectivity index (χ1v) is 8.25. The standard InChI is InChI=1S/C20H17NO3/c1-23-17-8-6-12-10-13-7-9-18(22)21(13)11-15-14-4-2-3-5-16(14)24-20(17)19(12)15/h2-6,8,10,15H,7,9,11H2,1H3. The number of nitrogens with zero attached hydrogens (tertiary/aromatic N) is 1. The summed E-state index contributed by atoms with van der Waals surface area (Å²) in [5.41, 5.74) is 4.49. The molecule has 0 aromatic heterocycles. The molecule has 0 bridgehead atoms. The van der Waals surface area contributed by atoms with Gasteiger partial charge >= 0.3 is 0 Å². The summed E-state index contributed by atoms with van der Waals surface area (Å²) in [6, 6.07) is 12.1. The van der Waals surface area contributed by atoms with E-state index in [4.69, 9.17) is 9.47 Å². The Kier molecular flexibility index (Phi) is 2.77. The molecule has 4 heteroatoms. The van der Waals surface area contributed by atoms with E-state index in [1.54, 1.807) is 7.11 Å². The van der Waals surface area contributed by atoms with E-state index in [0.29, 0.717) is 13.0 Å². The Morgan fingerprint density at radius 2 is 2.04 bits per heavy atom. The van der Waals surface area contributed by atoms with Crippen LogP contribution in [0.2, 0.25) is 0 Å². The fourth-order valence-electron chi connectivity index (χ4n) is 4.06. The summed E-state index contributed by atoms with van der Waals surface area (Å²) < 4.78 is 11.7. The van der Waals surface area contributed by atoms with E-state index >= 15 is 0 Å². The van der Waals surface area contributed by atoms with Gasteiger partial charge in [-0.2, -0.15) is 0 Å². The Morgan fingerprint density at radius 3 is 2.92 bits per heavy atom. The van der Waals surface area contributed by atoms with Crippen LogP contribution in [0.5, 0.6) is 17.2 Å².